The van der Waals surface area contributed by atoms with Gasteiger partial charge < -0.3 is 11.1 Å². The van der Waals surface area contributed by atoms with Crippen LogP contribution in [0.2, 0.25) is 0 Å². The highest BCUT2D eigenvalue weighted by atomic mass is 16.1. The number of carbonyl (C=O) groups is 1. The first kappa shape index (κ1) is 13.3. The lowest BCUT2D eigenvalue weighted by Gasteiger charge is -2.11. The number of nitrogens with two attached hydrogens (primary N) is 1. The highest BCUT2D eigenvalue weighted by Crippen LogP contribution is 2.13. The summed E-state index contributed by atoms with van der Waals surface area (Å²) in [6, 6.07) is 5.66. The van der Waals surface area contributed by atoms with Gasteiger partial charge >= 0.3 is 0 Å². The molecule has 0 saturated heterocycles. The van der Waals surface area contributed by atoms with Crippen LogP contribution in [0.1, 0.15) is 35.3 Å². The number of hydrogen-bond acceptors (Lipinski definition) is 2. The summed E-state index contributed by atoms with van der Waals surface area (Å²) in [4.78, 5) is 11.9. The normalized spacial score (nSPS) is 9.71. The lowest BCUT2D eigenvalue weighted by molar-refractivity contribution is 0.0942. The van der Waals surface area contributed by atoms with Crippen molar-refractivity contribution in [1.29, 1.82) is 0 Å². The number of benzene rings is 1. The molecule has 0 aliphatic heterocycles. The maximum atomic E-state index is 11.9. The third-order valence-electron chi connectivity index (χ3n) is 2.32. The van der Waals surface area contributed by atoms with Crippen molar-refractivity contribution in [3.05, 3.63) is 34.9 Å². The molecule has 1 rings (SSSR count). The number of rotatable bonds is 2. The molecule has 90 valence electrons. The van der Waals surface area contributed by atoms with Crippen LogP contribution in [0.3, 0.4) is 0 Å². The Morgan fingerprint density at radius 3 is 2.76 bits per heavy atom. The fraction of sp³-hybridized carbons (Fsp3) is 0.357. The first-order chi connectivity index (χ1) is 8.06. The minimum atomic E-state index is -0.0612. The molecular weight excluding hydrogens is 212 g/mol. The minimum Gasteiger partial charge on any atom is -0.350 e. The third-order valence-corrected chi connectivity index (χ3v) is 2.32. The predicted octanol–water partition coefficient (Wildman–Crippen LogP) is 1.44. The first-order valence-corrected chi connectivity index (χ1v) is 5.65. The van der Waals surface area contributed by atoms with Crippen molar-refractivity contribution in [2.24, 2.45) is 5.73 Å². The molecule has 3 heteroatoms. The Morgan fingerprint density at radius 1 is 1.47 bits per heavy atom. The average Bonchev–Trinajstić information content (AvgIpc) is 2.26. The van der Waals surface area contributed by atoms with Gasteiger partial charge in [0.2, 0.25) is 0 Å². The molecule has 1 aromatic carbocycles. The molecule has 0 heterocycles. The summed E-state index contributed by atoms with van der Waals surface area (Å²) in [7, 11) is 0. The lowest BCUT2D eigenvalue weighted by atomic mass is 10.0. The van der Waals surface area contributed by atoms with Gasteiger partial charge in [-0.15, -0.1) is 0 Å². The molecule has 0 fully saturated rings. The van der Waals surface area contributed by atoms with Crippen LogP contribution in [-0.4, -0.2) is 18.5 Å². The van der Waals surface area contributed by atoms with E-state index in [1.165, 1.54) is 0 Å². The van der Waals surface area contributed by atoms with Gasteiger partial charge in [0, 0.05) is 17.2 Å². The molecule has 0 saturated carbocycles. The van der Waals surface area contributed by atoms with E-state index < -0.39 is 0 Å². The predicted molar refractivity (Wildman–Crippen MR) is 69.7 cm³/mol. The quantitative estimate of drug-likeness (QED) is 0.755. The van der Waals surface area contributed by atoms with E-state index in [0.717, 1.165) is 11.1 Å². The Kier molecular flexibility index (Phi) is 4.74. The third kappa shape index (κ3) is 3.61. The largest absolute Gasteiger partial charge is 0.350 e. The van der Waals surface area contributed by atoms with Gasteiger partial charge in [-0.2, -0.15) is 0 Å². The summed E-state index contributed by atoms with van der Waals surface area (Å²) >= 11 is 0. The summed E-state index contributed by atoms with van der Waals surface area (Å²) in [6.07, 6.45) is 0. The van der Waals surface area contributed by atoms with Crippen LogP contribution in [0.4, 0.5) is 0 Å². The number of amides is 1. The second kappa shape index (κ2) is 6.07. The van der Waals surface area contributed by atoms with Crippen molar-refractivity contribution in [3.63, 3.8) is 0 Å². The Hall–Kier alpha value is -1.79. The molecule has 0 unspecified atom stereocenters. The van der Waals surface area contributed by atoms with Crippen LogP contribution < -0.4 is 11.1 Å². The summed E-state index contributed by atoms with van der Waals surface area (Å²) in [6.45, 7) is 6.09. The first-order valence-electron chi connectivity index (χ1n) is 5.65. The molecule has 1 amide bonds. The van der Waals surface area contributed by atoms with Gasteiger partial charge in [0.25, 0.3) is 5.91 Å². The van der Waals surface area contributed by atoms with Crippen LogP contribution in [0, 0.1) is 18.8 Å². The van der Waals surface area contributed by atoms with Gasteiger partial charge in [0.1, 0.15) is 0 Å². The molecule has 17 heavy (non-hydrogen) atoms. The summed E-state index contributed by atoms with van der Waals surface area (Å²) < 4.78 is 0. The molecule has 3 N–H and O–H groups in total. The van der Waals surface area contributed by atoms with Crippen molar-refractivity contribution >= 4 is 5.91 Å². The van der Waals surface area contributed by atoms with E-state index >= 15 is 0 Å². The number of nitrogens with one attached hydrogen (secondary N) is 1. The number of hydrogen-bond donors (Lipinski definition) is 2. The molecular formula is C14H18N2O. The van der Waals surface area contributed by atoms with Gasteiger partial charge in [-0.1, -0.05) is 17.9 Å². The lowest BCUT2D eigenvalue weighted by Crippen LogP contribution is -2.30. The van der Waals surface area contributed by atoms with Crippen LogP contribution in [-0.2, 0) is 0 Å². The average molecular weight is 230 g/mol. The van der Waals surface area contributed by atoms with Gasteiger partial charge in [-0.25, -0.2) is 0 Å². The molecule has 0 radical (unpaired) electrons. The van der Waals surface area contributed by atoms with Gasteiger partial charge in [0.05, 0.1) is 6.54 Å². The SMILES string of the molecule is Cc1c(C#CCN)cccc1C(=O)NC(C)C. The summed E-state index contributed by atoms with van der Waals surface area (Å²) in [5, 5.41) is 2.87. The maximum Gasteiger partial charge on any atom is 0.251 e. The van der Waals surface area contributed by atoms with Crippen molar-refractivity contribution < 1.29 is 4.79 Å². The van der Waals surface area contributed by atoms with E-state index in [0.29, 0.717) is 12.1 Å². The maximum absolute atomic E-state index is 11.9. The van der Waals surface area contributed by atoms with Crippen molar-refractivity contribution in [2.45, 2.75) is 26.8 Å². The molecule has 0 atom stereocenters. The van der Waals surface area contributed by atoms with E-state index in [-0.39, 0.29) is 11.9 Å². The standard InChI is InChI=1S/C14H18N2O/c1-10(2)16-14(17)13-8-4-6-12(11(13)3)7-5-9-15/h4,6,8,10H,9,15H2,1-3H3,(H,16,17). The Labute approximate surface area is 102 Å². The second-order valence-electron chi connectivity index (χ2n) is 4.11. The van der Waals surface area contributed by atoms with E-state index in [1.54, 1.807) is 6.07 Å². The molecule has 0 bridgehead atoms. The highest BCUT2D eigenvalue weighted by Gasteiger charge is 2.11. The van der Waals surface area contributed by atoms with Gasteiger partial charge in [-0.3, -0.25) is 4.79 Å². The second-order valence-corrected chi connectivity index (χ2v) is 4.11. The molecule has 0 aromatic heterocycles. The smallest absolute Gasteiger partial charge is 0.251 e. The van der Waals surface area contributed by atoms with E-state index in [9.17, 15) is 4.79 Å². The fourth-order valence-electron chi connectivity index (χ4n) is 1.50. The molecule has 0 aliphatic carbocycles. The molecule has 3 nitrogen and oxygen atoms in total. The zero-order valence-electron chi connectivity index (χ0n) is 10.5. The summed E-state index contributed by atoms with van der Waals surface area (Å²) in [5.41, 5.74) is 7.75. The van der Waals surface area contributed by atoms with E-state index in [4.69, 9.17) is 5.73 Å². The molecule has 0 aliphatic rings. The van der Waals surface area contributed by atoms with E-state index in [1.807, 2.05) is 32.9 Å². The highest BCUT2D eigenvalue weighted by molar-refractivity contribution is 5.96. The van der Waals surface area contributed by atoms with Gasteiger partial charge in [-0.05, 0) is 38.5 Å². The van der Waals surface area contributed by atoms with Crippen molar-refractivity contribution in [2.75, 3.05) is 6.54 Å². The number of carbonyl (C=O) groups excluding carboxylic acids is 1. The zero-order chi connectivity index (χ0) is 12.8. The van der Waals surface area contributed by atoms with Crippen LogP contribution in [0.15, 0.2) is 18.2 Å². The van der Waals surface area contributed by atoms with Gasteiger partial charge in [0.15, 0.2) is 0 Å². The van der Waals surface area contributed by atoms with Crippen LogP contribution in [0.5, 0.6) is 0 Å². The Bertz CT molecular complexity index is 467. The van der Waals surface area contributed by atoms with E-state index in [2.05, 4.69) is 17.2 Å². The zero-order valence-corrected chi connectivity index (χ0v) is 10.5. The minimum absolute atomic E-state index is 0.0612. The van der Waals surface area contributed by atoms with Crippen LogP contribution in [0.25, 0.3) is 0 Å². The molecule has 1 aromatic rings. The Morgan fingerprint density at radius 2 is 2.18 bits per heavy atom. The Balaban J connectivity index is 3.06. The monoisotopic (exact) mass is 230 g/mol. The fourth-order valence-corrected chi connectivity index (χ4v) is 1.50. The van der Waals surface area contributed by atoms with Crippen molar-refractivity contribution in [1.82, 2.24) is 5.32 Å². The van der Waals surface area contributed by atoms with Crippen LogP contribution >= 0.6 is 0 Å². The summed E-state index contributed by atoms with van der Waals surface area (Å²) in [5.74, 6) is 5.70. The topological polar surface area (TPSA) is 55.1 Å². The molecule has 0 spiro atoms. The van der Waals surface area contributed by atoms with Crippen molar-refractivity contribution in [3.8, 4) is 11.8 Å².